The van der Waals surface area contributed by atoms with E-state index in [2.05, 4.69) is 0 Å². The van der Waals surface area contributed by atoms with E-state index in [0.29, 0.717) is 6.20 Å². The Morgan fingerprint density at radius 3 is 2.38 bits per heavy atom. The summed E-state index contributed by atoms with van der Waals surface area (Å²) in [6.45, 7) is 0. The molecule has 0 amide bonds. The molecule has 0 spiro atoms. The molecule has 0 aromatic rings. The minimum absolute atomic E-state index is 0.651. The Hall–Kier alpha value is -0.550. The first-order valence-electron chi connectivity index (χ1n) is 1.77. The molecule has 0 saturated carbocycles. The van der Waals surface area contributed by atoms with Crippen LogP contribution in [0, 0.1) is 10.1 Å². The van der Waals surface area contributed by atoms with E-state index in [9.17, 15) is 14.7 Å². The van der Waals surface area contributed by atoms with Gasteiger partial charge in [0, 0.05) is 0 Å². The van der Waals surface area contributed by atoms with Crippen LogP contribution in [-0.4, -0.2) is 15.7 Å². The Morgan fingerprint density at radius 1 is 1.75 bits per heavy atom. The maximum atomic E-state index is 10.1. The topological polar surface area (TPSA) is 66.2 Å². The molecule has 0 aliphatic heterocycles. The van der Waals surface area contributed by atoms with Crippen molar-refractivity contribution in [3.05, 3.63) is 21.7 Å². The zero-order valence-electron chi connectivity index (χ0n) is 4.23. The van der Waals surface area contributed by atoms with Crippen LogP contribution < -0.4 is 0 Å². The molecule has 0 aromatic carbocycles. The van der Waals surface area contributed by atoms with Crippen molar-refractivity contribution >= 4 is 11.2 Å². The van der Waals surface area contributed by atoms with Crippen LogP contribution in [0.2, 0.25) is 0 Å². The minimum atomic E-state index is -1.21. The molecule has 0 bridgehead atoms. The second kappa shape index (κ2) is 3.45. The van der Waals surface area contributed by atoms with E-state index in [1.807, 2.05) is 0 Å². The molecule has 0 aliphatic rings. The zero-order valence-corrected chi connectivity index (χ0v) is 5.05. The molecular formula is C3H5NO3S. The summed E-state index contributed by atoms with van der Waals surface area (Å²) in [6, 6.07) is 0. The zero-order chi connectivity index (χ0) is 6.57. The van der Waals surface area contributed by atoms with Gasteiger partial charge in [0.15, 0.2) is 5.41 Å². The number of hydrogen-bond donors (Lipinski definition) is 0. The maximum Gasteiger partial charge on any atom is 0.281 e. The van der Waals surface area contributed by atoms with Gasteiger partial charge in [0.25, 0.3) is 6.20 Å². The Morgan fingerprint density at radius 2 is 2.25 bits per heavy atom. The van der Waals surface area contributed by atoms with Gasteiger partial charge in [-0.15, -0.1) is 0 Å². The van der Waals surface area contributed by atoms with Crippen LogP contribution in [0.15, 0.2) is 11.6 Å². The Labute approximate surface area is 49.5 Å². The third-order valence-corrected chi connectivity index (χ3v) is 0.879. The molecule has 5 heteroatoms. The Bertz CT molecular complexity index is 111. The van der Waals surface area contributed by atoms with Crippen molar-refractivity contribution in [2.45, 2.75) is 0 Å². The number of nitrogens with zero attached hydrogens (tertiary/aromatic N) is 1. The van der Waals surface area contributed by atoms with Crippen LogP contribution in [0.4, 0.5) is 0 Å². The smallest absolute Gasteiger partial charge is 0.281 e. The first-order chi connectivity index (χ1) is 3.63. The van der Waals surface area contributed by atoms with E-state index in [0.717, 1.165) is 5.41 Å². The highest BCUT2D eigenvalue weighted by Gasteiger charge is 1.90. The van der Waals surface area contributed by atoms with Crippen LogP contribution in [0.25, 0.3) is 0 Å². The van der Waals surface area contributed by atoms with E-state index >= 15 is 0 Å². The molecule has 0 aliphatic carbocycles. The van der Waals surface area contributed by atoms with Crippen LogP contribution in [0.3, 0.4) is 0 Å². The molecule has 0 rings (SSSR count). The third kappa shape index (κ3) is 5.45. The standard InChI is InChI=1S/C3H5NO3S/c1-8(7)3-2-4(5)6/h2-3H,1H3. The monoisotopic (exact) mass is 135 g/mol. The first-order valence-corrected chi connectivity index (χ1v) is 3.39. The summed E-state index contributed by atoms with van der Waals surface area (Å²) in [5.74, 6) is 0. The molecule has 1 unspecified atom stereocenters. The van der Waals surface area contributed by atoms with Crippen LogP contribution in [-0.2, 0) is 11.2 Å². The van der Waals surface area contributed by atoms with Gasteiger partial charge < -0.3 is 4.55 Å². The normalized spacial score (nSPS) is 14.2. The van der Waals surface area contributed by atoms with Gasteiger partial charge in [-0.1, -0.05) is 0 Å². The fourth-order valence-electron chi connectivity index (χ4n) is 0.135. The molecule has 46 valence electrons. The lowest BCUT2D eigenvalue weighted by molar-refractivity contribution is -0.402. The summed E-state index contributed by atoms with van der Waals surface area (Å²) in [6.07, 6.45) is 2.02. The molecule has 1 atom stereocenters. The van der Waals surface area contributed by atoms with Gasteiger partial charge in [-0.05, 0) is 11.2 Å². The molecule has 4 nitrogen and oxygen atoms in total. The largest absolute Gasteiger partial charge is 0.612 e. The van der Waals surface area contributed by atoms with E-state index in [4.69, 9.17) is 0 Å². The summed E-state index contributed by atoms with van der Waals surface area (Å²) in [5.41, 5.74) is 0. The van der Waals surface area contributed by atoms with E-state index in [1.165, 1.54) is 6.26 Å². The van der Waals surface area contributed by atoms with Crippen molar-refractivity contribution in [1.29, 1.82) is 0 Å². The van der Waals surface area contributed by atoms with Gasteiger partial charge in [0.2, 0.25) is 0 Å². The third-order valence-electron chi connectivity index (χ3n) is 0.374. The van der Waals surface area contributed by atoms with Gasteiger partial charge in [-0.2, -0.15) is 0 Å². The predicted molar refractivity (Wildman–Crippen MR) is 30.2 cm³/mol. The molecule has 0 radical (unpaired) electrons. The second-order valence-corrected chi connectivity index (χ2v) is 2.34. The summed E-state index contributed by atoms with van der Waals surface area (Å²) in [5, 5.41) is 10.5. The minimum Gasteiger partial charge on any atom is -0.612 e. The lowest BCUT2D eigenvalue weighted by Crippen LogP contribution is -1.91. The lowest BCUT2D eigenvalue weighted by atomic mass is 11.1. The van der Waals surface area contributed by atoms with Gasteiger partial charge >= 0.3 is 0 Å². The molecule has 0 fully saturated rings. The fraction of sp³-hybridized carbons (Fsp3) is 0.333. The molecule has 8 heavy (non-hydrogen) atoms. The van der Waals surface area contributed by atoms with Crippen molar-refractivity contribution in [2.75, 3.05) is 6.26 Å². The predicted octanol–water partition coefficient (Wildman–Crippen LogP) is 0.113. The van der Waals surface area contributed by atoms with Crippen molar-refractivity contribution < 1.29 is 9.48 Å². The van der Waals surface area contributed by atoms with E-state index in [1.54, 1.807) is 0 Å². The Kier molecular flexibility index (Phi) is 3.21. The highest BCUT2D eigenvalue weighted by Crippen LogP contribution is 1.83. The average molecular weight is 135 g/mol. The van der Waals surface area contributed by atoms with Gasteiger partial charge in [-0.25, -0.2) is 0 Å². The van der Waals surface area contributed by atoms with Crippen molar-refractivity contribution in [3.8, 4) is 0 Å². The molecule has 0 saturated heterocycles. The molecule has 0 aromatic heterocycles. The van der Waals surface area contributed by atoms with Crippen molar-refractivity contribution in [3.63, 3.8) is 0 Å². The molecular weight excluding hydrogens is 130 g/mol. The second-order valence-electron chi connectivity index (χ2n) is 1.07. The van der Waals surface area contributed by atoms with E-state index < -0.39 is 16.1 Å². The number of hydrogen-bond acceptors (Lipinski definition) is 3. The van der Waals surface area contributed by atoms with Gasteiger partial charge in [-0.3, -0.25) is 10.1 Å². The number of nitro groups is 1. The quantitative estimate of drug-likeness (QED) is 0.306. The summed E-state index contributed by atoms with van der Waals surface area (Å²) in [7, 11) is 0. The SMILES string of the molecule is C[S+]([O-])C=C[N+](=O)[O-]. The summed E-state index contributed by atoms with van der Waals surface area (Å²) in [4.78, 5) is 8.84. The molecule has 0 N–H and O–H groups in total. The number of rotatable bonds is 2. The van der Waals surface area contributed by atoms with Crippen molar-refractivity contribution in [1.82, 2.24) is 0 Å². The van der Waals surface area contributed by atoms with Gasteiger partial charge in [0.1, 0.15) is 6.26 Å². The maximum absolute atomic E-state index is 10.1. The van der Waals surface area contributed by atoms with Gasteiger partial charge in [0.05, 0.1) is 4.92 Å². The van der Waals surface area contributed by atoms with Crippen LogP contribution in [0.5, 0.6) is 0 Å². The fourth-order valence-corrected chi connectivity index (χ4v) is 0.406. The molecule has 0 heterocycles. The summed E-state index contributed by atoms with van der Waals surface area (Å²) < 4.78 is 10.1. The first kappa shape index (κ1) is 7.45. The Balaban J connectivity index is 3.50. The van der Waals surface area contributed by atoms with Crippen molar-refractivity contribution in [2.24, 2.45) is 0 Å². The lowest BCUT2D eigenvalue weighted by Gasteiger charge is -1.90. The van der Waals surface area contributed by atoms with Crippen LogP contribution >= 0.6 is 0 Å². The highest BCUT2D eigenvalue weighted by molar-refractivity contribution is 7.93. The van der Waals surface area contributed by atoms with Crippen LogP contribution in [0.1, 0.15) is 0 Å². The highest BCUT2D eigenvalue weighted by atomic mass is 32.2. The summed E-state index contributed by atoms with van der Waals surface area (Å²) >= 11 is -1.21. The van der Waals surface area contributed by atoms with E-state index in [-0.39, 0.29) is 0 Å². The average Bonchev–Trinajstić information content (AvgIpc) is 1.61.